The first kappa shape index (κ1) is 27.4. The predicted octanol–water partition coefficient (Wildman–Crippen LogP) is 4.30. The third-order valence-corrected chi connectivity index (χ3v) is 4.09. The highest BCUT2D eigenvalue weighted by Crippen LogP contribution is 2.16. The number of hydrogen-bond acceptors (Lipinski definition) is 7. The highest BCUT2D eigenvalue weighted by atomic mass is 16.6. The number of ketones is 1. The van der Waals surface area contributed by atoms with Gasteiger partial charge >= 0.3 is 12.1 Å². The Labute approximate surface area is 190 Å². The van der Waals surface area contributed by atoms with Gasteiger partial charge in [-0.2, -0.15) is 0 Å². The minimum atomic E-state index is -0.929. The number of nitrogens with one attached hydrogen (secondary N) is 1. The standard InChI is InChI=1S/C24H37NO7/c1-9-16(2)31-20(26)15-29-18-12-10-17(11-13-18)21(27)19(14-30-23(3,4)5)25-22(28)32-24(6,7)8/h10-13,16,19H,9,14-15H2,1-8H3,(H,25,28). The summed E-state index contributed by atoms with van der Waals surface area (Å²) in [5.41, 5.74) is -0.828. The van der Waals surface area contributed by atoms with E-state index in [2.05, 4.69) is 5.32 Å². The molecule has 0 bridgehead atoms. The second-order valence-corrected chi connectivity index (χ2v) is 9.51. The summed E-state index contributed by atoms with van der Waals surface area (Å²) in [5.74, 6) is -0.367. The number of esters is 1. The van der Waals surface area contributed by atoms with Crippen LogP contribution in [0.4, 0.5) is 4.79 Å². The Morgan fingerprint density at radius 3 is 2.06 bits per heavy atom. The van der Waals surface area contributed by atoms with Gasteiger partial charge in [0.25, 0.3) is 0 Å². The molecule has 0 aromatic heterocycles. The number of Topliss-reactive ketones (excluding diaryl/α,β-unsaturated/α-hetero) is 1. The fourth-order valence-corrected chi connectivity index (χ4v) is 2.37. The normalized spacial score (nSPS) is 13.6. The Bertz CT molecular complexity index is 760. The number of amides is 1. The second kappa shape index (κ2) is 11.9. The Kier molecular flexibility index (Phi) is 10.2. The van der Waals surface area contributed by atoms with Crippen LogP contribution in [0.25, 0.3) is 0 Å². The van der Waals surface area contributed by atoms with Crippen LogP contribution in [0, 0.1) is 0 Å². The third-order valence-electron chi connectivity index (χ3n) is 4.09. The Balaban J connectivity index is 2.82. The van der Waals surface area contributed by atoms with Crippen molar-refractivity contribution in [1.29, 1.82) is 0 Å². The van der Waals surface area contributed by atoms with Gasteiger partial charge in [-0.25, -0.2) is 9.59 Å². The van der Waals surface area contributed by atoms with E-state index < -0.39 is 29.3 Å². The summed E-state index contributed by atoms with van der Waals surface area (Å²) in [6.45, 7) is 14.3. The van der Waals surface area contributed by atoms with Crippen LogP contribution in [0.15, 0.2) is 24.3 Å². The van der Waals surface area contributed by atoms with Crippen LogP contribution in [-0.4, -0.2) is 54.4 Å². The smallest absolute Gasteiger partial charge is 0.408 e. The van der Waals surface area contributed by atoms with Crippen LogP contribution in [0.5, 0.6) is 5.75 Å². The van der Waals surface area contributed by atoms with Gasteiger partial charge in [-0.15, -0.1) is 0 Å². The molecule has 1 rings (SSSR count). The number of hydrogen-bond donors (Lipinski definition) is 1. The van der Waals surface area contributed by atoms with Crippen molar-refractivity contribution in [2.24, 2.45) is 0 Å². The van der Waals surface area contributed by atoms with Gasteiger partial charge in [0.2, 0.25) is 0 Å². The number of benzene rings is 1. The molecule has 8 nitrogen and oxygen atoms in total. The summed E-state index contributed by atoms with van der Waals surface area (Å²) < 4.78 is 21.6. The zero-order valence-corrected chi connectivity index (χ0v) is 20.4. The summed E-state index contributed by atoms with van der Waals surface area (Å²) in [6, 6.07) is 5.37. The van der Waals surface area contributed by atoms with Crippen molar-refractivity contribution in [1.82, 2.24) is 5.32 Å². The Morgan fingerprint density at radius 2 is 1.56 bits per heavy atom. The van der Waals surface area contributed by atoms with Gasteiger partial charge in [0.1, 0.15) is 17.4 Å². The highest BCUT2D eigenvalue weighted by molar-refractivity contribution is 6.01. The minimum absolute atomic E-state index is 0.0126. The molecular weight excluding hydrogens is 414 g/mol. The van der Waals surface area contributed by atoms with E-state index >= 15 is 0 Å². The molecule has 0 radical (unpaired) electrons. The van der Waals surface area contributed by atoms with E-state index in [1.165, 1.54) is 0 Å². The Morgan fingerprint density at radius 1 is 0.969 bits per heavy atom. The molecule has 0 aliphatic rings. The first-order valence-electron chi connectivity index (χ1n) is 10.8. The third kappa shape index (κ3) is 11.1. The predicted molar refractivity (Wildman–Crippen MR) is 121 cm³/mol. The average Bonchev–Trinajstić information content (AvgIpc) is 2.67. The lowest BCUT2D eigenvalue weighted by atomic mass is 10.0. The molecule has 0 saturated heterocycles. The lowest BCUT2D eigenvalue weighted by Crippen LogP contribution is -2.47. The van der Waals surface area contributed by atoms with Gasteiger partial charge in [-0.05, 0) is 79.2 Å². The van der Waals surface area contributed by atoms with Crippen molar-refractivity contribution >= 4 is 17.8 Å². The van der Waals surface area contributed by atoms with Crippen molar-refractivity contribution < 1.29 is 33.3 Å². The number of rotatable bonds is 10. The first-order chi connectivity index (χ1) is 14.7. The van der Waals surface area contributed by atoms with Crippen LogP contribution in [0.1, 0.15) is 72.2 Å². The number of carbonyl (C=O) groups is 3. The van der Waals surface area contributed by atoms with Crippen molar-refractivity contribution in [3.63, 3.8) is 0 Å². The quantitative estimate of drug-likeness (QED) is 0.418. The molecule has 8 heteroatoms. The summed E-state index contributed by atoms with van der Waals surface area (Å²) in [6.07, 6.45) is -0.149. The molecule has 1 aromatic rings. The van der Waals surface area contributed by atoms with Crippen molar-refractivity contribution in [3.8, 4) is 5.75 Å². The molecule has 1 aromatic carbocycles. The highest BCUT2D eigenvalue weighted by Gasteiger charge is 2.27. The number of alkyl carbamates (subject to hydrolysis) is 1. The van der Waals surface area contributed by atoms with Crippen molar-refractivity contribution in [2.45, 2.75) is 85.2 Å². The van der Waals surface area contributed by atoms with Crippen LogP contribution >= 0.6 is 0 Å². The average molecular weight is 452 g/mol. The molecule has 2 unspecified atom stereocenters. The van der Waals surface area contributed by atoms with E-state index in [1.807, 2.05) is 34.6 Å². The second-order valence-electron chi connectivity index (χ2n) is 9.51. The van der Waals surface area contributed by atoms with Gasteiger partial charge in [0.05, 0.1) is 18.3 Å². The molecule has 0 aliphatic heterocycles. The lowest BCUT2D eigenvalue weighted by Gasteiger charge is -2.26. The zero-order chi connectivity index (χ0) is 24.5. The van der Waals surface area contributed by atoms with E-state index in [-0.39, 0.29) is 25.1 Å². The number of ether oxygens (including phenoxy) is 4. The maximum Gasteiger partial charge on any atom is 0.408 e. The molecule has 0 spiro atoms. The van der Waals surface area contributed by atoms with Gasteiger partial charge in [0, 0.05) is 5.56 Å². The van der Waals surface area contributed by atoms with Gasteiger partial charge in [-0.3, -0.25) is 4.79 Å². The molecule has 180 valence electrons. The molecule has 0 aliphatic carbocycles. The topological polar surface area (TPSA) is 100 Å². The molecule has 0 saturated carbocycles. The minimum Gasteiger partial charge on any atom is -0.482 e. The molecule has 0 heterocycles. The van der Waals surface area contributed by atoms with Gasteiger partial charge in [-0.1, -0.05) is 6.92 Å². The molecule has 1 N–H and O–H groups in total. The van der Waals surface area contributed by atoms with Gasteiger partial charge in [0.15, 0.2) is 12.4 Å². The van der Waals surface area contributed by atoms with E-state index in [4.69, 9.17) is 18.9 Å². The maximum atomic E-state index is 13.0. The zero-order valence-electron chi connectivity index (χ0n) is 20.4. The molecule has 0 fully saturated rings. The van der Waals surface area contributed by atoms with Crippen LogP contribution in [-0.2, 0) is 19.0 Å². The fourth-order valence-electron chi connectivity index (χ4n) is 2.37. The summed E-state index contributed by atoms with van der Waals surface area (Å²) in [7, 11) is 0. The fraction of sp³-hybridized carbons (Fsp3) is 0.625. The van der Waals surface area contributed by atoms with E-state index in [1.54, 1.807) is 45.0 Å². The summed E-state index contributed by atoms with van der Waals surface area (Å²) in [4.78, 5) is 37.0. The van der Waals surface area contributed by atoms with Crippen molar-refractivity contribution in [3.05, 3.63) is 29.8 Å². The van der Waals surface area contributed by atoms with Crippen LogP contribution in [0.2, 0.25) is 0 Å². The summed E-state index contributed by atoms with van der Waals surface area (Å²) in [5, 5.41) is 2.59. The van der Waals surface area contributed by atoms with Crippen LogP contribution < -0.4 is 10.1 Å². The number of carbonyl (C=O) groups excluding carboxylic acids is 3. The molecule has 2 atom stereocenters. The SMILES string of the molecule is CCC(C)OC(=O)COc1ccc(C(=O)C(COC(C)(C)C)NC(=O)OC(C)(C)C)cc1. The lowest BCUT2D eigenvalue weighted by molar-refractivity contribution is -0.150. The van der Waals surface area contributed by atoms with Crippen molar-refractivity contribution in [2.75, 3.05) is 13.2 Å². The summed E-state index contributed by atoms with van der Waals surface area (Å²) >= 11 is 0. The van der Waals surface area contributed by atoms with Crippen LogP contribution in [0.3, 0.4) is 0 Å². The van der Waals surface area contributed by atoms with E-state index in [0.717, 1.165) is 6.42 Å². The monoisotopic (exact) mass is 451 g/mol. The van der Waals surface area contributed by atoms with Gasteiger partial charge < -0.3 is 24.3 Å². The van der Waals surface area contributed by atoms with E-state index in [9.17, 15) is 14.4 Å². The molecule has 32 heavy (non-hydrogen) atoms. The maximum absolute atomic E-state index is 13.0. The van der Waals surface area contributed by atoms with E-state index in [0.29, 0.717) is 11.3 Å². The molecular formula is C24H37NO7. The largest absolute Gasteiger partial charge is 0.482 e. The molecule has 1 amide bonds. The first-order valence-corrected chi connectivity index (χ1v) is 10.8. The Hall–Kier alpha value is -2.61.